The van der Waals surface area contributed by atoms with Gasteiger partial charge < -0.3 is 16.5 Å². The number of nitrogen functional groups attached to an aromatic ring is 1. The number of aromatic nitrogens is 3. The van der Waals surface area contributed by atoms with Crippen LogP contribution in [-0.4, -0.2) is 21.0 Å². The topological polar surface area (TPSA) is 93.6 Å². The molecule has 2 aromatic rings. The van der Waals surface area contributed by atoms with Crippen LogP contribution in [0, 0.1) is 11.8 Å². The molecule has 30 heavy (non-hydrogen) atoms. The number of hydrogen-bond acceptors (Lipinski definition) is 4. The van der Waals surface area contributed by atoms with Crippen LogP contribution in [0.5, 0.6) is 0 Å². The van der Waals surface area contributed by atoms with Gasteiger partial charge in [0.25, 0.3) is 0 Å². The number of halogens is 1. The van der Waals surface area contributed by atoms with Crippen LogP contribution in [0.2, 0.25) is 5.28 Å². The predicted octanol–water partition coefficient (Wildman–Crippen LogP) is 6.62. The van der Waals surface area contributed by atoms with Gasteiger partial charge in [-0.15, -0.1) is 0 Å². The number of nitrogens with zero attached hydrogens (tertiary/aromatic N) is 2. The molecule has 0 aliphatic heterocycles. The van der Waals surface area contributed by atoms with E-state index >= 15 is 0 Å². The Balaban J connectivity index is 0.000000133. The van der Waals surface area contributed by atoms with Gasteiger partial charge in [-0.1, -0.05) is 83.5 Å². The zero-order valence-corrected chi connectivity index (χ0v) is 19.2. The molecule has 0 aromatic carbocycles. The highest BCUT2D eigenvalue weighted by Crippen LogP contribution is 2.37. The van der Waals surface area contributed by atoms with Crippen molar-refractivity contribution in [2.24, 2.45) is 17.6 Å². The Morgan fingerprint density at radius 2 is 1.27 bits per heavy atom. The lowest BCUT2D eigenvalue weighted by Crippen LogP contribution is -2.22. The molecule has 0 bridgehead atoms. The van der Waals surface area contributed by atoms with Gasteiger partial charge in [-0.05, 0) is 42.3 Å². The number of H-pyrrole nitrogens is 1. The minimum absolute atomic E-state index is 0.164. The molecule has 2 aromatic heterocycles. The van der Waals surface area contributed by atoms with E-state index in [1.165, 1.54) is 70.6 Å². The quantitative estimate of drug-likeness (QED) is 0.440. The van der Waals surface area contributed by atoms with Gasteiger partial charge in [-0.2, -0.15) is 4.98 Å². The van der Waals surface area contributed by atoms with Crippen molar-refractivity contribution in [3.05, 3.63) is 17.5 Å². The van der Waals surface area contributed by atoms with Gasteiger partial charge >= 0.3 is 0 Å². The summed E-state index contributed by atoms with van der Waals surface area (Å²) in [6.07, 6.45) is 23.8. The fourth-order valence-corrected chi connectivity index (χ4v) is 5.46. The molecular weight excluding hydrogens is 394 g/mol. The van der Waals surface area contributed by atoms with E-state index in [-0.39, 0.29) is 5.28 Å². The van der Waals surface area contributed by atoms with E-state index < -0.39 is 0 Å². The molecular formula is C24H40ClN5. The van der Waals surface area contributed by atoms with Crippen LogP contribution in [-0.2, 0) is 0 Å². The van der Waals surface area contributed by atoms with Crippen molar-refractivity contribution in [2.45, 2.75) is 102 Å². The first-order valence-electron chi connectivity index (χ1n) is 12.1. The van der Waals surface area contributed by atoms with E-state index in [1.807, 2.05) is 0 Å². The normalized spacial score (nSPS) is 21.4. The van der Waals surface area contributed by atoms with Crippen molar-refractivity contribution in [3.63, 3.8) is 0 Å². The maximum absolute atomic E-state index is 5.63. The lowest BCUT2D eigenvalue weighted by Gasteiger charge is -2.32. The molecule has 3 aliphatic carbocycles. The molecule has 3 saturated carbocycles. The number of nitrogens with one attached hydrogen (secondary N) is 1. The van der Waals surface area contributed by atoms with E-state index in [0.717, 1.165) is 17.2 Å². The van der Waals surface area contributed by atoms with Crippen LogP contribution in [0.4, 0.5) is 5.82 Å². The SMILES string of the molecule is C1CCC(C2CCCCC2)CC1.NC1CCCCC1.Nc1nc(Cl)nc2[nH]ccc12. The summed E-state index contributed by atoms with van der Waals surface area (Å²) in [5.41, 5.74) is 11.8. The van der Waals surface area contributed by atoms with Crippen LogP contribution in [0.1, 0.15) is 96.3 Å². The number of rotatable bonds is 1. The highest BCUT2D eigenvalue weighted by atomic mass is 35.5. The van der Waals surface area contributed by atoms with E-state index in [0.29, 0.717) is 17.5 Å². The molecule has 0 saturated heterocycles. The molecule has 0 spiro atoms. The van der Waals surface area contributed by atoms with Crippen LogP contribution >= 0.6 is 11.6 Å². The van der Waals surface area contributed by atoms with Crippen molar-refractivity contribution in [1.82, 2.24) is 15.0 Å². The third-order valence-corrected chi connectivity index (χ3v) is 7.20. The zero-order valence-electron chi connectivity index (χ0n) is 18.4. The second-order valence-corrected chi connectivity index (χ2v) is 9.65. The molecule has 3 fully saturated rings. The fourth-order valence-electron chi connectivity index (χ4n) is 5.28. The van der Waals surface area contributed by atoms with Crippen molar-refractivity contribution in [3.8, 4) is 0 Å². The number of nitrogens with two attached hydrogens (primary N) is 2. The van der Waals surface area contributed by atoms with E-state index in [1.54, 1.807) is 37.9 Å². The Kier molecular flexibility index (Phi) is 9.73. The van der Waals surface area contributed by atoms with Crippen molar-refractivity contribution < 1.29 is 0 Å². The van der Waals surface area contributed by atoms with Crippen LogP contribution in [0.15, 0.2) is 12.3 Å². The van der Waals surface area contributed by atoms with Crippen LogP contribution in [0.3, 0.4) is 0 Å². The van der Waals surface area contributed by atoms with E-state index in [9.17, 15) is 0 Å². The summed E-state index contributed by atoms with van der Waals surface area (Å²) >= 11 is 5.56. The molecule has 0 amide bonds. The molecule has 2 heterocycles. The Bertz CT molecular complexity index is 712. The molecule has 5 nitrogen and oxygen atoms in total. The largest absolute Gasteiger partial charge is 0.383 e. The summed E-state index contributed by atoms with van der Waals surface area (Å²) in [4.78, 5) is 10.6. The Labute approximate surface area is 186 Å². The summed E-state index contributed by atoms with van der Waals surface area (Å²) in [6.45, 7) is 0. The molecule has 168 valence electrons. The van der Waals surface area contributed by atoms with Gasteiger partial charge in [-0.25, -0.2) is 4.98 Å². The minimum atomic E-state index is 0.164. The van der Waals surface area contributed by atoms with Crippen LogP contribution < -0.4 is 11.5 Å². The maximum Gasteiger partial charge on any atom is 0.226 e. The second kappa shape index (κ2) is 12.5. The Morgan fingerprint density at radius 3 is 1.73 bits per heavy atom. The van der Waals surface area contributed by atoms with Gasteiger partial charge in [0.1, 0.15) is 11.5 Å². The molecule has 5 rings (SSSR count). The molecule has 0 unspecified atom stereocenters. The monoisotopic (exact) mass is 433 g/mol. The summed E-state index contributed by atoms with van der Waals surface area (Å²) < 4.78 is 0. The summed E-state index contributed by atoms with van der Waals surface area (Å²) in [5.74, 6) is 2.68. The van der Waals surface area contributed by atoms with Crippen molar-refractivity contribution in [1.29, 1.82) is 0 Å². The standard InChI is InChI=1S/C12H22.C6H5ClN4.C6H13N/c1-3-7-11(8-4-1)12-9-5-2-6-10-12;7-6-10-4(8)3-1-2-9-5(3)11-6;7-6-4-2-1-3-5-6/h11-12H,1-10H2;1-2H,(H3,8,9,10,11);6H,1-5,7H2. The number of anilines is 1. The summed E-state index contributed by atoms with van der Waals surface area (Å²) in [5, 5.41) is 0.965. The maximum atomic E-state index is 5.63. The van der Waals surface area contributed by atoms with Crippen LogP contribution in [0.25, 0.3) is 11.0 Å². The third kappa shape index (κ3) is 7.42. The first kappa shape index (κ1) is 23.3. The van der Waals surface area contributed by atoms with Gasteiger partial charge in [0.15, 0.2) is 0 Å². The number of fused-ring (bicyclic) bond motifs is 1. The second-order valence-electron chi connectivity index (χ2n) is 9.31. The summed E-state index contributed by atoms with van der Waals surface area (Å²) in [7, 11) is 0. The zero-order chi connectivity index (χ0) is 21.2. The van der Waals surface area contributed by atoms with Gasteiger partial charge in [0.2, 0.25) is 5.28 Å². The average molecular weight is 434 g/mol. The molecule has 0 radical (unpaired) electrons. The van der Waals surface area contributed by atoms with E-state index in [2.05, 4.69) is 15.0 Å². The lowest BCUT2D eigenvalue weighted by molar-refractivity contribution is 0.196. The van der Waals surface area contributed by atoms with Crippen molar-refractivity contribution in [2.75, 3.05) is 5.73 Å². The van der Waals surface area contributed by atoms with Crippen molar-refractivity contribution >= 4 is 28.5 Å². The number of hydrogen-bond donors (Lipinski definition) is 3. The molecule has 0 atom stereocenters. The Hall–Kier alpha value is -1.33. The minimum Gasteiger partial charge on any atom is -0.383 e. The Morgan fingerprint density at radius 1 is 0.767 bits per heavy atom. The highest BCUT2D eigenvalue weighted by Gasteiger charge is 2.24. The van der Waals surface area contributed by atoms with Gasteiger partial charge in [0, 0.05) is 12.2 Å². The number of aromatic amines is 1. The first-order chi connectivity index (χ1) is 14.6. The van der Waals surface area contributed by atoms with Gasteiger partial charge in [-0.3, -0.25) is 0 Å². The summed E-state index contributed by atoms with van der Waals surface area (Å²) in [6, 6.07) is 2.34. The molecule has 6 heteroatoms. The first-order valence-corrected chi connectivity index (χ1v) is 12.5. The highest BCUT2D eigenvalue weighted by molar-refractivity contribution is 6.28. The molecule has 5 N–H and O–H groups in total. The average Bonchev–Trinajstić information content (AvgIpc) is 3.25. The van der Waals surface area contributed by atoms with E-state index in [4.69, 9.17) is 23.1 Å². The predicted molar refractivity (Wildman–Crippen MR) is 128 cm³/mol. The smallest absolute Gasteiger partial charge is 0.226 e. The fraction of sp³-hybridized carbons (Fsp3) is 0.750. The lowest BCUT2D eigenvalue weighted by atomic mass is 9.73. The molecule has 3 aliphatic rings. The third-order valence-electron chi connectivity index (χ3n) is 7.03. The van der Waals surface area contributed by atoms with Gasteiger partial charge in [0.05, 0.1) is 5.39 Å².